The molecule has 0 aromatic heterocycles. The van der Waals surface area contributed by atoms with E-state index in [-0.39, 0.29) is 30.7 Å². The van der Waals surface area contributed by atoms with Crippen LogP contribution in [0, 0.1) is 0 Å². The molecule has 1 atom stereocenters. The normalized spacial score (nSPS) is 17.6. The van der Waals surface area contributed by atoms with Gasteiger partial charge >= 0.3 is 0 Å². The molecule has 1 unspecified atom stereocenters. The number of fused-ring (bicyclic) bond motifs is 2. The van der Waals surface area contributed by atoms with Crippen molar-refractivity contribution in [2.24, 2.45) is 0 Å². The van der Waals surface area contributed by atoms with Gasteiger partial charge in [0.2, 0.25) is 0 Å². The lowest BCUT2D eigenvalue weighted by molar-refractivity contribution is -0.127. The Kier molecular flexibility index (Phi) is 6.32. The minimum Gasteiger partial charge on any atom is -0.478 e. The first-order valence-corrected chi connectivity index (χ1v) is 10.7. The zero-order chi connectivity index (χ0) is 21.8. The van der Waals surface area contributed by atoms with Crippen LogP contribution in [-0.4, -0.2) is 53.5 Å². The summed E-state index contributed by atoms with van der Waals surface area (Å²) >= 11 is 0. The number of carbonyl (C=O) groups is 3. The molecule has 2 aliphatic heterocycles. The second kappa shape index (κ2) is 9.31. The van der Waals surface area contributed by atoms with E-state index in [0.717, 1.165) is 31.4 Å². The molecule has 0 saturated carbocycles. The minimum atomic E-state index is -0.659. The Bertz CT molecular complexity index is 954. The molecule has 0 spiro atoms. The second-order valence-electron chi connectivity index (χ2n) is 7.80. The maximum atomic E-state index is 12.8. The quantitative estimate of drug-likeness (QED) is 0.496. The molecule has 3 amide bonds. The fraction of sp³-hybridized carbons (Fsp3) is 0.375. The molecule has 31 heavy (non-hydrogen) atoms. The molecule has 0 aliphatic carbocycles. The summed E-state index contributed by atoms with van der Waals surface area (Å²) in [6.45, 7) is 0.864. The second-order valence-corrected chi connectivity index (χ2v) is 7.80. The van der Waals surface area contributed by atoms with Gasteiger partial charge in [0.15, 0.2) is 6.10 Å². The van der Waals surface area contributed by atoms with E-state index in [0.29, 0.717) is 30.0 Å². The van der Waals surface area contributed by atoms with Crippen LogP contribution in [0.1, 0.15) is 52.8 Å². The number of anilines is 1. The Morgan fingerprint density at radius 2 is 1.35 bits per heavy atom. The molecule has 7 heteroatoms. The summed E-state index contributed by atoms with van der Waals surface area (Å²) in [5, 5.41) is 9.23. The van der Waals surface area contributed by atoms with Crippen molar-refractivity contribution in [3.8, 4) is 5.75 Å². The number of carbonyl (C=O) groups excluding carboxylic acids is 3. The van der Waals surface area contributed by atoms with Crippen LogP contribution in [0.15, 0.2) is 48.5 Å². The van der Waals surface area contributed by atoms with Gasteiger partial charge in [0.25, 0.3) is 17.7 Å². The number of hydrogen-bond donors (Lipinski definition) is 1. The fourth-order valence-corrected chi connectivity index (χ4v) is 4.14. The molecule has 7 nitrogen and oxygen atoms in total. The lowest BCUT2D eigenvalue weighted by atomic mass is 10.1. The number of ether oxygens (including phenoxy) is 1. The molecular weight excluding hydrogens is 396 g/mol. The van der Waals surface area contributed by atoms with Gasteiger partial charge in [-0.2, -0.15) is 0 Å². The Morgan fingerprint density at radius 3 is 2.00 bits per heavy atom. The molecule has 0 radical (unpaired) electrons. The lowest BCUT2D eigenvalue weighted by Gasteiger charge is -2.34. The molecular formula is C24H26N2O5. The lowest BCUT2D eigenvalue weighted by Crippen LogP contribution is -2.46. The van der Waals surface area contributed by atoms with Gasteiger partial charge in [-0.05, 0) is 37.1 Å². The van der Waals surface area contributed by atoms with Crippen LogP contribution in [-0.2, 0) is 4.79 Å². The standard InChI is InChI=1S/C24H26N2O5/c27-16-13-21-24(30)25(19-11-5-6-12-20(19)31-21)14-7-1-2-8-15-26-22(28)17-9-3-4-10-18(17)23(26)29/h3-6,9-12,21,27H,1-2,7-8,13-16H2. The van der Waals surface area contributed by atoms with E-state index >= 15 is 0 Å². The van der Waals surface area contributed by atoms with Gasteiger partial charge in [-0.15, -0.1) is 0 Å². The van der Waals surface area contributed by atoms with E-state index < -0.39 is 6.10 Å². The van der Waals surface area contributed by atoms with Gasteiger partial charge in [0.05, 0.1) is 16.8 Å². The van der Waals surface area contributed by atoms with E-state index in [1.165, 1.54) is 4.90 Å². The molecule has 0 fully saturated rings. The zero-order valence-electron chi connectivity index (χ0n) is 17.3. The Labute approximate surface area is 181 Å². The molecule has 162 valence electrons. The van der Waals surface area contributed by atoms with Crippen molar-refractivity contribution >= 4 is 23.4 Å². The first-order chi connectivity index (χ1) is 15.1. The largest absolute Gasteiger partial charge is 0.478 e. The topological polar surface area (TPSA) is 87.2 Å². The van der Waals surface area contributed by atoms with Crippen LogP contribution in [0.25, 0.3) is 0 Å². The molecule has 0 bridgehead atoms. The summed E-state index contributed by atoms with van der Waals surface area (Å²) in [6, 6.07) is 14.4. The predicted molar refractivity (Wildman–Crippen MR) is 115 cm³/mol. The van der Waals surface area contributed by atoms with Gasteiger partial charge in [0, 0.05) is 26.1 Å². The first kappa shape index (κ1) is 21.1. The van der Waals surface area contributed by atoms with Crippen LogP contribution in [0.2, 0.25) is 0 Å². The van der Waals surface area contributed by atoms with Gasteiger partial charge in [-0.1, -0.05) is 37.1 Å². The van der Waals surface area contributed by atoms with Crippen molar-refractivity contribution in [2.75, 3.05) is 24.6 Å². The number of para-hydroxylation sites is 2. The molecule has 4 rings (SSSR count). The van der Waals surface area contributed by atoms with Crippen LogP contribution in [0.4, 0.5) is 5.69 Å². The highest BCUT2D eigenvalue weighted by atomic mass is 16.5. The highest BCUT2D eigenvalue weighted by Gasteiger charge is 2.35. The number of amides is 3. The molecule has 2 aromatic rings. The van der Waals surface area contributed by atoms with Crippen molar-refractivity contribution < 1.29 is 24.2 Å². The Hall–Kier alpha value is -3.19. The SMILES string of the molecule is O=C1c2ccccc2C(=O)N1CCCCCCN1C(=O)C(CCO)Oc2ccccc21. The monoisotopic (exact) mass is 422 g/mol. The predicted octanol–water partition coefficient (Wildman–Crippen LogP) is 3.02. The van der Waals surface area contributed by atoms with Crippen LogP contribution in [0.3, 0.4) is 0 Å². The number of nitrogens with zero attached hydrogens (tertiary/aromatic N) is 2. The summed E-state index contributed by atoms with van der Waals surface area (Å²) in [7, 11) is 0. The molecule has 2 aromatic carbocycles. The third-order valence-electron chi connectivity index (χ3n) is 5.75. The molecule has 1 N–H and O–H groups in total. The molecule has 0 saturated heterocycles. The molecule has 2 aliphatic rings. The Balaban J connectivity index is 1.26. The average Bonchev–Trinajstić information content (AvgIpc) is 3.03. The van der Waals surface area contributed by atoms with Gasteiger partial charge < -0.3 is 14.7 Å². The van der Waals surface area contributed by atoms with Crippen LogP contribution >= 0.6 is 0 Å². The summed E-state index contributed by atoms with van der Waals surface area (Å²) < 4.78 is 5.74. The minimum absolute atomic E-state index is 0.107. The number of aliphatic hydroxyl groups excluding tert-OH is 1. The number of hydrogen-bond acceptors (Lipinski definition) is 5. The van der Waals surface area contributed by atoms with Crippen molar-refractivity contribution in [3.63, 3.8) is 0 Å². The summed E-state index contributed by atoms with van der Waals surface area (Å²) in [6.07, 6.45) is 2.87. The number of aliphatic hydroxyl groups is 1. The Morgan fingerprint density at radius 1 is 0.774 bits per heavy atom. The smallest absolute Gasteiger partial charge is 0.268 e. The number of rotatable bonds is 9. The van der Waals surface area contributed by atoms with Gasteiger partial charge in [-0.25, -0.2) is 0 Å². The third-order valence-corrected chi connectivity index (χ3v) is 5.75. The average molecular weight is 422 g/mol. The van der Waals surface area contributed by atoms with Gasteiger partial charge in [0.1, 0.15) is 5.75 Å². The highest BCUT2D eigenvalue weighted by Crippen LogP contribution is 2.34. The number of unbranched alkanes of at least 4 members (excludes halogenated alkanes) is 3. The number of benzene rings is 2. The van der Waals surface area contributed by atoms with E-state index in [2.05, 4.69) is 0 Å². The van der Waals surface area contributed by atoms with E-state index in [4.69, 9.17) is 4.74 Å². The zero-order valence-corrected chi connectivity index (χ0v) is 17.3. The van der Waals surface area contributed by atoms with Crippen molar-refractivity contribution in [3.05, 3.63) is 59.7 Å². The van der Waals surface area contributed by atoms with Crippen LogP contribution in [0.5, 0.6) is 5.75 Å². The highest BCUT2D eigenvalue weighted by molar-refractivity contribution is 6.21. The summed E-state index contributed by atoms with van der Waals surface area (Å²) in [5.74, 6) is 0.0991. The third kappa shape index (κ3) is 4.18. The van der Waals surface area contributed by atoms with E-state index in [1.807, 2.05) is 24.3 Å². The van der Waals surface area contributed by atoms with E-state index in [1.54, 1.807) is 29.2 Å². The molecule has 2 heterocycles. The van der Waals surface area contributed by atoms with E-state index in [9.17, 15) is 19.5 Å². The van der Waals surface area contributed by atoms with Crippen LogP contribution < -0.4 is 9.64 Å². The van der Waals surface area contributed by atoms with Crippen molar-refractivity contribution in [1.29, 1.82) is 0 Å². The summed E-state index contributed by atoms with van der Waals surface area (Å²) in [5.41, 5.74) is 1.72. The fourth-order valence-electron chi connectivity index (χ4n) is 4.14. The maximum Gasteiger partial charge on any atom is 0.268 e. The van der Waals surface area contributed by atoms with Crippen molar-refractivity contribution in [1.82, 2.24) is 4.90 Å². The van der Waals surface area contributed by atoms with Gasteiger partial charge in [-0.3, -0.25) is 19.3 Å². The summed E-state index contributed by atoms with van der Waals surface area (Å²) in [4.78, 5) is 40.6. The maximum absolute atomic E-state index is 12.8. The first-order valence-electron chi connectivity index (χ1n) is 10.7. The van der Waals surface area contributed by atoms with Crippen molar-refractivity contribution in [2.45, 2.75) is 38.2 Å². The number of imide groups is 1.